The smallest absolute Gasteiger partial charge is 0.184 e. The molecule has 1 unspecified atom stereocenters. The summed E-state index contributed by atoms with van der Waals surface area (Å²) in [7, 11) is -4.80. The van der Waals surface area contributed by atoms with Crippen molar-refractivity contribution in [2.24, 2.45) is 11.3 Å². The predicted molar refractivity (Wildman–Crippen MR) is 151 cm³/mol. The second-order valence-corrected chi connectivity index (χ2v) is 45.5. The Kier molecular flexibility index (Phi) is 6.49. The van der Waals surface area contributed by atoms with Gasteiger partial charge in [0.2, 0.25) is 0 Å². The topological polar surface area (TPSA) is 18.5 Å². The van der Waals surface area contributed by atoms with Gasteiger partial charge in [0.1, 0.15) is 7.11 Å². The molecule has 1 saturated carbocycles. The Morgan fingerprint density at radius 3 is 1.69 bits per heavy atom. The molecule has 4 atom stereocenters. The first-order chi connectivity index (χ1) is 14.4. The van der Waals surface area contributed by atoms with Gasteiger partial charge in [-0.3, -0.25) is 0 Å². The lowest BCUT2D eigenvalue weighted by atomic mass is 9.81. The van der Waals surface area contributed by atoms with Crippen molar-refractivity contribution in [3.05, 3.63) is 47.2 Å². The normalized spacial score (nSPS) is 30.5. The van der Waals surface area contributed by atoms with Crippen molar-refractivity contribution in [1.82, 2.24) is 0 Å². The summed E-state index contributed by atoms with van der Waals surface area (Å²) < 4.78 is 13.8. The largest absolute Gasteiger partial charge is 0.411 e. The summed E-state index contributed by atoms with van der Waals surface area (Å²) in [6, 6.07) is 11.0. The molecule has 2 nitrogen and oxygen atoms in total. The number of benzene rings is 1. The van der Waals surface area contributed by atoms with Crippen LogP contribution in [-0.4, -0.2) is 49.0 Å². The first-order valence-electron chi connectivity index (χ1n) is 12.4. The molecular formula is C26H48O2Si4. The predicted octanol–water partition coefficient (Wildman–Crippen LogP) is 7.35. The minimum absolute atomic E-state index is 0.0757. The van der Waals surface area contributed by atoms with Crippen LogP contribution in [0.25, 0.3) is 0 Å². The van der Waals surface area contributed by atoms with Crippen LogP contribution in [0.2, 0.25) is 58.9 Å². The molecule has 6 heteroatoms. The van der Waals surface area contributed by atoms with Crippen molar-refractivity contribution in [3.8, 4) is 0 Å². The zero-order valence-corrected chi connectivity index (χ0v) is 27.0. The minimum atomic E-state index is -1.86. The lowest BCUT2D eigenvalue weighted by Crippen LogP contribution is -2.91. The molecule has 1 heterocycles. The zero-order valence-electron chi connectivity index (χ0n) is 23.0. The van der Waals surface area contributed by atoms with Gasteiger partial charge in [-0.05, 0) is 36.2 Å². The zero-order chi connectivity index (χ0) is 24.5. The monoisotopic (exact) mass is 504 g/mol. The maximum absolute atomic E-state index is 7.63. The molecule has 0 saturated heterocycles. The van der Waals surface area contributed by atoms with E-state index in [1.165, 1.54) is 5.56 Å². The van der Waals surface area contributed by atoms with Crippen LogP contribution >= 0.6 is 0 Å². The average Bonchev–Trinajstić information content (AvgIpc) is 3.29. The van der Waals surface area contributed by atoms with Crippen LogP contribution in [0.1, 0.15) is 32.3 Å². The van der Waals surface area contributed by atoms with Crippen LogP contribution in [0.4, 0.5) is 0 Å². The Balaban J connectivity index is 2.29. The van der Waals surface area contributed by atoms with Crippen molar-refractivity contribution < 1.29 is 9.16 Å². The van der Waals surface area contributed by atoms with Gasteiger partial charge in [0.25, 0.3) is 0 Å². The van der Waals surface area contributed by atoms with Gasteiger partial charge in [-0.1, -0.05) is 96.1 Å². The quantitative estimate of drug-likeness (QED) is 0.361. The molecule has 1 aromatic carbocycles. The second-order valence-electron chi connectivity index (χ2n) is 14.2. The molecule has 0 N–H and O–H groups in total. The first kappa shape index (κ1) is 26.4. The standard InChI is InChI=1S/C26H48O2Si4/c1-25(2,3)26(28-29(5,6)7)21(19-32(26,30(8,9)10)31(11,12)13)23-22(24(23)27-4)20-17-15-14-16-18-20/h14-19,22-24H,1-13H3/t22-,23-,24-,26?/m0/s1. The van der Waals surface area contributed by atoms with Gasteiger partial charge in [0.15, 0.2) is 8.32 Å². The number of hydrogen-bond acceptors (Lipinski definition) is 2. The summed E-state index contributed by atoms with van der Waals surface area (Å²) in [6.07, 6.45) is 0.269. The molecule has 0 amide bonds. The molecule has 180 valence electrons. The number of ether oxygens (including phenoxy) is 1. The molecular weight excluding hydrogens is 457 g/mol. The highest BCUT2D eigenvalue weighted by atomic mass is 29.6. The number of methoxy groups -OCH3 is 1. The molecule has 1 aromatic rings. The highest BCUT2D eigenvalue weighted by Gasteiger charge is 2.79. The summed E-state index contributed by atoms with van der Waals surface area (Å²) in [4.78, 5) is 0. The Morgan fingerprint density at radius 1 is 0.812 bits per heavy atom. The van der Waals surface area contributed by atoms with E-state index in [1.54, 1.807) is 5.57 Å². The molecule has 0 bridgehead atoms. The number of hydrogen-bond donors (Lipinski definition) is 0. The minimum Gasteiger partial charge on any atom is -0.411 e. The van der Waals surface area contributed by atoms with E-state index in [0.717, 1.165) is 0 Å². The summed E-state index contributed by atoms with van der Waals surface area (Å²) in [6.45, 7) is 30.5. The SMILES string of the molecule is CO[C@@H]1[C@@H](C2=C[Si]([Si](C)(C)C)([Si](C)(C)C)C2(O[Si](C)(C)C)C(C)(C)C)[C@@H]1c1ccccc1. The summed E-state index contributed by atoms with van der Waals surface area (Å²) in [5.74, 6) is 0.904. The van der Waals surface area contributed by atoms with Crippen LogP contribution in [0.3, 0.4) is 0 Å². The molecule has 3 rings (SSSR count). The Labute approximate surface area is 201 Å². The molecule has 1 fully saturated rings. The van der Waals surface area contributed by atoms with Gasteiger partial charge in [-0.2, -0.15) is 0 Å². The Bertz CT molecular complexity index is 854. The Hall–Kier alpha value is -0.252. The van der Waals surface area contributed by atoms with Crippen molar-refractivity contribution in [2.45, 2.75) is 96.9 Å². The molecule has 0 radical (unpaired) electrons. The van der Waals surface area contributed by atoms with Crippen LogP contribution < -0.4 is 0 Å². The molecule has 0 spiro atoms. The van der Waals surface area contributed by atoms with E-state index in [4.69, 9.17) is 9.16 Å². The maximum atomic E-state index is 7.63. The lowest BCUT2D eigenvalue weighted by molar-refractivity contribution is 0.0472. The van der Waals surface area contributed by atoms with E-state index in [0.29, 0.717) is 11.8 Å². The van der Waals surface area contributed by atoms with E-state index < -0.39 is 30.6 Å². The fourth-order valence-corrected chi connectivity index (χ4v) is 59.1. The van der Waals surface area contributed by atoms with Gasteiger partial charge in [0.05, 0.1) is 11.3 Å². The summed E-state index contributed by atoms with van der Waals surface area (Å²) in [5, 5.41) is -0.0790. The molecule has 0 aromatic heterocycles. The maximum Gasteiger partial charge on any atom is 0.184 e. The van der Waals surface area contributed by atoms with E-state index >= 15 is 0 Å². The molecule has 1 aliphatic carbocycles. The third-order valence-corrected chi connectivity index (χ3v) is 47.5. The van der Waals surface area contributed by atoms with Crippen LogP contribution in [-0.2, 0) is 9.16 Å². The third kappa shape index (κ3) is 3.77. The fraction of sp³-hybridized carbons (Fsp3) is 0.692. The summed E-state index contributed by atoms with van der Waals surface area (Å²) >= 11 is 0. The molecule has 1 aliphatic heterocycles. The highest BCUT2D eigenvalue weighted by molar-refractivity contribution is 7.72. The molecule has 32 heavy (non-hydrogen) atoms. The fourth-order valence-electron chi connectivity index (χ4n) is 7.33. The highest BCUT2D eigenvalue weighted by Crippen LogP contribution is 2.68. The van der Waals surface area contributed by atoms with Crippen LogP contribution in [0.5, 0.6) is 0 Å². The van der Waals surface area contributed by atoms with Gasteiger partial charge in [-0.15, -0.1) is 0 Å². The van der Waals surface area contributed by atoms with E-state index in [-0.39, 0.29) is 16.7 Å². The lowest BCUT2D eigenvalue weighted by Gasteiger charge is -2.72. The van der Waals surface area contributed by atoms with Crippen molar-refractivity contribution in [1.29, 1.82) is 0 Å². The van der Waals surface area contributed by atoms with Crippen LogP contribution in [0.15, 0.2) is 41.6 Å². The van der Waals surface area contributed by atoms with Gasteiger partial charge in [-0.25, -0.2) is 0 Å². The van der Waals surface area contributed by atoms with E-state index in [1.807, 2.05) is 7.11 Å². The number of rotatable bonds is 7. The van der Waals surface area contributed by atoms with Gasteiger partial charge < -0.3 is 9.16 Å². The molecule has 2 aliphatic rings. The summed E-state index contributed by atoms with van der Waals surface area (Å²) in [5.41, 5.74) is 6.01. The first-order valence-corrected chi connectivity index (χ1v) is 26.9. The van der Waals surface area contributed by atoms with Gasteiger partial charge >= 0.3 is 0 Å². The second kappa shape index (κ2) is 7.88. The van der Waals surface area contributed by atoms with E-state index in [2.05, 4.69) is 116 Å². The van der Waals surface area contributed by atoms with Crippen molar-refractivity contribution in [3.63, 3.8) is 0 Å². The van der Waals surface area contributed by atoms with Crippen LogP contribution in [0, 0.1) is 11.3 Å². The Morgan fingerprint density at radius 2 is 1.31 bits per heavy atom. The van der Waals surface area contributed by atoms with Crippen molar-refractivity contribution in [2.75, 3.05) is 7.11 Å². The van der Waals surface area contributed by atoms with E-state index in [9.17, 15) is 0 Å². The third-order valence-electron chi connectivity index (χ3n) is 7.99. The van der Waals surface area contributed by atoms with Gasteiger partial charge in [0, 0.05) is 34.1 Å². The average molecular weight is 505 g/mol. The van der Waals surface area contributed by atoms with Crippen molar-refractivity contribution >= 4 is 30.6 Å².